The van der Waals surface area contributed by atoms with Crippen molar-refractivity contribution >= 4 is 5.78 Å². The molecule has 2 atom stereocenters. The lowest BCUT2D eigenvalue weighted by atomic mass is 9.77. The number of fused-ring (bicyclic) bond motifs is 1. The Balaban J connectivity index is 2.02. The van der Waals surface area contributed by atoms with E-state index in [0.717, 1.165) is 30.9 Å². The summed E-state index contributed by atoms with van der Waals surface area (Å²) in [6.07, 6.45) is 9.52. The maximum Gasteiger partial charge on any atom is 0.178 e. The molecule has 3 aliphatic rings. The van der Waals surface area contributed by atoms with Crippen LogP contribution in [0.25, 0.3) is 0 Å². The molecule has 2 aliphatic carbocycles. The van der Waals surface area contributed by atoms with Gasteiger partial charge in [-0.1, -0.05) is 12.2 Å². The highest BCUT2D eigenvalue weighted by molar-refractivity contribution is 6.01. The van der Waals surface area contributed by atoms with Crippen molar-refractivity contribution in [3.63, 3.8) is 0 Å². The van der Waals surface area contributed by atoms with Crippen LogP contribution in [-0.2, 0) is 16.6 Å². The zero-order valence-corrected chi connectivity index (χ0v) is 13.8. The van der Waals surface area contributed by atoms with Crippen molar-refractivity contribution in [1.29, 1.82) is 0 Å². The maximum atomic E-state index is 11.7. The molecule has 120 valence electrons. The lowest BCUT2D eigenvalue weighted by Crippen LogP contribution is -3.10. The summed E-state index contributed by atoms with van der Waals surface area (Å²) in [5, 5.41) is 0. The molecular formula is C19H22NO3+. The van der Waals surface area contributed by atoms with Crippen LogP contribution < -0.4 is 14.4 Å². The van der Waals surface area contributed by atoms with Crippen LogP contribution in [0.15, 0.2) is 30.4 Å². The van der Waals surface area contributed by atoms with Gasteiger partial charge in [0.05, 0.1) is 27.8 Å². The Morgan fingerprint density at radius 2 is 1.96 bits per heavy atom. The Morgan fingerprint density at radius 3 is 2.61 bits per heavy atom. The molecule has 0 amide bonds. The van der Waals surface area contributed by atoms with Gasteiger partial charge < -0.3 is 14.4 Å². The number of benzene rings is 1. The number of hydrogen-bond donors (Lipinski definition) is 1. The molecule has 4 nitrogen and oxygen atoms in total. The van der Waals surface area contributed by atoms with Crippen LogP contribution >= 0.6 is 0 Å². The van der Waals surface area contributed by atoms with Crippen molar-refractivity contribution in [2.24, 2.45) is 0 Å². The van der Waals surface area contributed by atoms with Crippen LogP contribution in [0.2, 0.25) is 0 Å². The Bertz CT molecular complexity index is 731. The number of carbonyl (C=O) groups is 1. The molecule has 1 unspecified atom stereocenters. The molecule has 0 saturated carbocycles. The lowest BCUT2D eigenvalue weighted by Gasteiger charge is -2.29. The second-order valence-electron chi connectivity index (χ2n) is 6.77. The largest absolute Gasteiger partial charge is 0.493 e. The summed E-state index contributed by atoms with van der Waals surface area (Å²) in [6.45, 7) is 1.12. The standard InChI is InChI=1S/C19H21NO3/c1-20-9-6-12-10-15(22-2)18(23-3)17-16(12)14(20)11-19(17)7-4-13(21)5-8-19/h4-5,7-8,10,14H,6,9,11H2,1-3H3/p+1/t14-/m1/s1. The minimum atomic E-state index is -0.256. The number of likely N-dealkylation sites (N-methyl/N-ethyl adjacent to an activating group) is 1. The third kappa shape index (κ3) is 1.91. The van der Waals surface area contributed by atoms with Crippen LogP contribution in [0.4, 0.5) is 0 Å². The Morgan fingerprint density at radius 1 is 1.22 bits per heavy atom. The zero-order valence-electron chi connectivity index (χ0n) is 13.8. The average molecular weight is 312 g/mol. The van der Waals surface area contributed by atoms with E-state index in [9.17, 15) is 4.79 Å². The topological polar surface area (TPSA) is 40.0 Å². The van der Waals surface area contributed by atoms with Gasteiger partial charge in [-0.15, -0.1) is 0 Å². The summed E-state index contributed by atoms with van der Waals surface area (Å²) in [6, 6.07) is 2.58. The van der Waals surface area contributed by atoms with E-state index >= 15 is 0 Å². The Labute approximate surface area is 136 Å². The van der Waals surface area contributed by atoms with Gasteiger partial charge in [0, 0.05) is 29.4 Å². The predicted octanol–water partition coefficient (Wildman–Crippen LogP) is 1.15. The highest BCUT2D eigenvalue weighted by Gasteiger charge is 2.50. The van der Waals surface area contributed by atoms with E-state index in [2.05, 4.69) is 25.3 Å². The molecule has 0 aromatic heterocycles. The minimum Gasteiger partial charge on any atom is -0.493 e. The van der Waals surface area contributed by atoms with Gasteiger partial charge in [-0.3, -0.25) is 4.79 Å². The number of allylic oxidation sites excluding steroid dienone is 4. The summed E-state index contributed by atoms with van der Waals surface area (Å²) in [4.78, 5) is 13.2. The summed E-state index contributed by atoms with van der Waals surface area (Å²) >= 11 is 0. The Kier molecular flexibility index (Phi) is 3.13. The van der Waals surface area contributed by atoms with E-state index in [0.29, 0.717) is 6.04 Å². The van der Waals surface area contributed by atoms with E-state index in [4.69, 9.17) is 9.47 Å². The van der Waals surface area contributed by atoms with Gasteiger partial charge in [0.25, 0.3) is 0 Å². The number of carbonyl (C=O) groups excluding carboxylic acids is 1. The van der Waals surface area contributed by atoms with Crippen LogP contribution in [0, 0.1) is 0 Å². The fourth-order valence-electron chi connectivity index (χ4n) is 4.47. The van der Waals surface area contributed by atoms with Crippen LogP contribution in [0.1, 0.15) is 29.2 Å². The molecule has 1 aromatic rings. The summed E-state index contributed by atoms with van der Waals surface area (Å²) < 4.78 is 11.4. The highest BCUT2D eigenvalue weighted by Crippen LogP contribution is 2.55. The number of methoxy groups -OCH3 is 2. The third-order valence-electron chi connectivity index (χ3n) is 5.62. The van der Waals surface area contributed by atoms with Crippen molar-refractivity contribution in [3.05, 3.63) is 47.1 Å². The molecule has 1 aliphatic heterocycles. The predicted molar refractivity (Wildman–Crippen MR) is 87.3 cm³/mol. The van der Waals surface area contributed by atoms with Crippen LogP contribution in [0.3, 0.4) is 0 Å². The number of hydrogen-bond acceptors (Lipinski definition) is 3. The number of nitrogens with one attached hydrogen (secondary N) is 1. The van der Waals surface area contributed by atoms with Crippen molar-refractivity contribution in [2.75, 3.05) is 27.8 Å². The van der Waals surface area contributed by atoms with Gasteiger partial charge >= 0.3 is 0 Å². The zero-order chi connectivity index (χ0) is 16.2. The molecule has 1 N–H and O–H groups in total. The lowest BCUT2D eigenvalue weighted by molar-refractivity contribution is -0.914. The fourth-order valence-corrected chi connectivity index (χ4v) is 4.47. The summed E-state index contributed by atoms with van der Waals surface area (Å²) in [5.41, 5.74) is 3.70. The monoisotopic (exact) mass is 312 g/mol. The van der Waals surface area contributed by atoms with Gasteiger partial charge in [-0.2, -0.15) is 0 Å². The van der Waals surface area contributed by atoms with Crippen molar-refractivity contribution in [3.8, 4) is 11.5 Å². The van der Waals surface area contributed by atoms with E-state index in [1.54, 1.807) is 26.4 Å². The van der Waals surface area contributed by atoms with Crippen LogP contribution in [-0.4, -0.2) is 33.6 Å². The summed E-state index contributed by atoms with van der Waals surface area (Å²) in [5.74, 6) is 1.66. The van der Waals surface area contributed by atoms with Crippen molar-refractivity contribution in [1.82, 2.24) is 0 Å². The molecule has 0 radical (unpaired) electrons. The SMILES string of the molecule is COc1cc2c3c(c1OC)C1(C=CC(=O)C=C1)C[C@H]3[NH+](C)CC2. The van der Waals surface area contributed by atoms with Crippen LogP contribution in [0.5, 0.6) is 11.5 Å². The normalized spacial score (nSPS) is 26.5. The number of quaternary nitrogens is 1. The molecule has 0 fully saturated rings. The van der Waals surface area contributed by atoms with E-state index in [-0.39, 0.29) is 11.2 Å². The van der Waals surface area contributed by atoms with Gasteiger partial charge in [0.1, 0.15) is 6.04 Å². The second-order valence-corrected chi connectivity index (χ2v) is 6.77. The fraction of sp³-hybridized carbons (Fsp3) is 0.421. The van der Waals surface area contributed by atoms with Crippen molar-refractivity contribution < 1.29 is 19.2 Å². The number of rotatable bonds is 2. The van der Waals surface area contributed by atoms with Gasteiger partial charge in [0.15, 0.2) is 17.3 Å². The first-order valence-electron chi connectivity index (χ1n) is 8.12. The Hall–Kier alpha value is -2.07. The first-order valence-corrected chi connectivity index (χ1v) is 8.12. The maximum absolute atomic E-state index is 11.7. The number of ketones is 1. The van der Waals surface area contributed by atoms with E-state index < -0.39 is 0 Å². The average Bonchev–Trinajstić information content (AvgIpc) is 2.90. The summed E-state index contributed by atoms with van der Waals surface area (Å²) in [7, 11) is 5.64. The minimum absolute atomic E-state index is 0.0540. The van der Waals surface area contributed by atoms with E-state index in [1.807, 2.05) is 0 Å². The molecular weight excluding hydrogens is 290 g/mol. The van der Waals surface area contributed by atoms with Gasteiger partial charge in [-0.05, 0) is 23.8 Å². The van der Waals surface area contributed by atoms with Gasteiger partial charge in [0.2, 0.25) is 0 Å². The molecule has 23 heavy (non-hydrogen) atoms. The molecule has 4 rings (SSSR count). The number of ether oxygens (including phenoxy) is 2. The first-order chi connectivity index (χ1) is 11.1. The molecule has 1 aromatic carbocycles. The smallest absolute Gasteiger partial charge is 0.178 e. The quantitative estimate of drug-likeness (QED) is 0.891. The molecule has 4 heteroatoms. The highest BCUT2D eigenvalue weighted by atomic mass is 16.5. The molecule has 1 heterocycles. The molecule has 1 spiro atoms. The van der Waals surface area contributed by atoms with Crippen molar-refractivity contribution in [2.45, 2.75) is 24.3 Å². The van der Waals surface area contributed by atoms with E-state index in [1.165, 1.54) is 21.6 Å². The third-order valence-corrected chi connectivity index (χ3v) is 5.62. The van der Waals surface area contributed by atoms with Gasteiger partial charge in [-0.25, -0.2) is 0 Å². The second kappa shape index (κ2) is 4.96. The molecule has 0 saturated heterocycles. The molecule has 0 bridgehead atoms. The first kappa shape index (κ1) is 14.5.